The number of carbonyl (C=O) groups excluding carboxylic acids is 3. The number of nitrogens with two attached hydrogens (primary N) is 1. The normalized spacial score (nSPS) is 27.5. The number of fused-ring (bicyclic) bond motifs is 3. The third-order valence-corrected chi connectivity index (χ3v) is 6.54. The quantitative estimate of drug-likeness (QED) is 0.414. The van der Waals surface area contributed by atoms with Gasteiger partial charge in [0.1, 0.15) is 22.8 Å². The molecule has 0 heterocycles. The smallest absolute Gasteiger partial charge is 0.255 e. The highest BCUT2D eigenvalue weighted by Crippen LogP contribution is 2.51. The molecule has 1 aromatic carbocycles. The molecule has 1 saturated carbocycles. The van der Waals surface area contributed by atoms with Gasteiger partial charge in [0.15, 0.2) is 11.4 Å². The number of ketones is 2. The van der Waals surface area contributed by atoms with Crippen molar-refractivity contribution in [1.29, 1.82) is 0 Å². The number of benzene rings is 1. The monoisotopic (exact) mass is 427 g/mol. The Labute approximate surface area is 179 Å². The van der Waals surface area contributed by atoms with E-state index in [4.69, 9.17) is 10.5 Å². The summed E-state index contributed by atoms with van der Waals surface area (Å²) in [5.41, 5.74) is 3.13. The first kappa shape index (κ1) is 21.1. The minimum atomic E-state index is -2.48. The van der Waals surface area contributed by atoms with E-state index in [2.05, 4.69) is 0 Å². The molecule has 0 spiro atoms. The zero-order chi connectivity index (χ0) is 22.5. The van der Waals surface area contributed by atoms with Gasteiger partial charge in [-0.2, -0.15) is 0 Å². The van der Waals surface area contributed by atoms with E-state index in [1.807, 2.05) is 19.1 Å². The molecule has 0 bridgehead atoms. The molecule has 1 amide bonds. The first-order valence-corrected chi connectivity index (χ1v) is 10.4. The van der Waals surface area contributed by atoms with Gasteiger partial charge in [-0.05, 0) is 36.8 Å². The predicted octanol–water partition coefficient (Wildman–Crippen LogP) is 1.90. The van der Waals surface area contributed by atoms with Gasteiger partial charge in [-0.3, -0.25) is 14.4 Å². The molecular formula is C23H25NO7. The van der Waals surface area contributed by atoms with Crippen LogP contribution in [0.2, 0.25) is 0 Å². The molecule has 8 heteroatoms. The number of ether oxygens (including phenoxy) is 1. The van der Waals surface area contributed by atoms with Crippen LogP contribution in [0.4, 0.5) is 0 Å². The molecular weight excluding hydrogens is 402 g/mol. The van der Waals surface area contributed by atoms with E-state index < -0.39 is 46.2 Å². The second-order valence-corrected chi connectivity index (χ2v) is 8.40. The molecule has 0 radical (unpaired) electrons. The fraction of sp³-hybridized carbons (Fsp3) is 0.435. The minimum absolute atomic E-state index is 0.0255. The molecule has 5 N–H and O–H groups in total. The van der Waals surface area contributed by atoms with E-state index in [0.717, 1.165) is 18.4 Å². The van der Waals surface area contributed by atoms with Gasteiger partial charge in [-0.1, -0.05) is 25.5 Å². The van der Waals surface area contributed by atoms with Crippen molar-refractivity contribution in [3.05, 3.63) is 46.2 Å². The van der Waals surface area contributed by atoms with E-state index in [1.54, 1.807) is 6.07 Å². The van der Waals surface area contributed by atoms with Crippen molar-refractivity contribution < 1.29 is 34.4 Å². The minimum Gasteiger partial charge on any atom is -0.508 e. The fourth-order valence-corrected chi connectivity index (χ4v) is 4.99. The van der Waals surface area contributed by atoms with E-state index in [-0.39, 0.29) is 24.2 Å². The third-order valence-electron chi connectivity index (χ3n) is 6.54. The number of hydrogen-bond donors (Lipinski definition) is 4. The molecule has 0 aromatic heterocycles. The summed E-state index contributed by atoms with van der Waals surface area (Å²) in [5.74, 6) is -5.06. The Morgan fingerprint density at radius 3 is 2.68 bits per heavy atom. The number of primary amides is 1. The average molecular weight is 427 g/mol. The molecule has 0 aliphatic heterocycles. The van der Waals surface area contributed by atoms with Crippen LogP contribution in [0.25, 0.3) is 5.76 Å². The van der Waals surface area contributed by atoms with Crippen molar-refractivity contribution in [3.8, 4) is 5.75 Å². The third kappa shape index (κ3) is 3.05. The van der Waals surface area contributed by atoms with Crippen molar-refractivity contribution in [2.75, 3.05) is 6.61 Å². The molecule has 164 valence electrons. The van der Waals surface area contributed by atoms with Gasteiger partial charge in [-0.15, -0.1) is 0 Å². The predicted molar refractivity (Wildman–Crippen MR) is 110 cm³/mol. The van der Waals surface area contributed by atoms with Crippen molar-refractivity contribution in [3.63, 3.8) is 0 Å². The molecule has 4 rings (SSSR count). The van der Waals surface area contributed by atoms with Crippen LogP contribution in [-0.2, 0) is 20.8 Å². The second kappa shape index (κ2) is 7.53. The number of amides is 1. The number of Topliss-reactive ketones (excluding diaryl/α,β-unsaturated/α-hetero) is 2. The van der Waals surface area contributed by atoms with Crippen molar-refractivity contribution in [1.82, 2.24) is 0 Å². The van der Waals surface area contributed by atoms with E-state index in [9.17, 15) is 29.7 Å². The Bertz CT molecular complexity index is 1050. The van der Waals surface area contributed by atoms with Crippen LogP contribution < -0.4 is 10.5 Å². The Hall–Kier alpha value is -3.13. The summed E-state index contributed by atoms with van der Waals surface area (Å²) >= 11 is 0. The summed E-state index contributed by atoms with van der Waals surface area (Å²) in [7, 11) is 0. The van der Waals surface area contributed by atoms with Crippen LogP contribution in [0.3, 0.4) is 0 Å². The molecule has 8 nitrogen and oxygen atoms in total. The van der Waals surface area contributed by atoms with Crippen LogP contribution >= 0.6 is 0 Å². The Balaban J connectivity index is 1.83. The largest absolute Gasteiger partial charge is 0.508 e. The fourth-order valence-electron chi connectivity index (χ4n) is 4.99. The molecule has 1 fully saturated rings. The summed E-state index contributed by atoms with van der Waals surface area (Å²) < 4.78 is 5.81. The Kier molecular flexibility index (Phi) is 5.13. The van der Waals surface area contributed by atoms with Crippen LogP contribution in [0.15, 0.2) is 35.1 Å². The van der Waals surface area contributed by atoms with Gasteiger partial charge in [0, 0.05) is 17.9 Å². The van der Waals surface area contributed by atoms with Crippen LogP contribution in [0.5, 0.6) is 5.75 Å². The van der Waals surface area contributed by atoms with Gasteiger partial charge in [0.05, 0.1) is 12.2 Å². The van der Waals surface area contributed by atoms with Gasteiger partial charge in [0.2, 0.25) is 5.78 Å². The lowest BCUT2D eigenvalue weighted by Gasteiger charge is -2.46. The highest BCUT2D eigenvalue weighted by atomic mass is 16.5. The molecule has 0 saturated heterocycles. The second-order valence-electron chi connectivity index (χ2n) is 8.40. The summed E-state index contributed by atoms with van der Waals surface area (Å²) in [5, 5.41) is 32.9. The summed E-state index contributed by atoms with van der Waals surface area (Å²) in [6.45, 7) is 2.48. The highest BCUT2D eigenvalue weighted by Gasteiger charge is 2.60. The van der Waals surface area contributed by atoms with Crippen LogP contribution in [-0.4, -0.2) is 45.0 Å². The molecule has 3 unspecified atom stereocenters. The first-order valence-electron chi connectivity index (χ1n) is 10.4. The van der Waals surface area contributed by atoms with Crippen molar-refractivity contribution >= 4 is 23.2 Å². The maximum atomic E-state index is 13.4. The van der Waals surface area contributed by atoms with E-state index in [1.165, 1.54) is 0 Å². The van der Waals surface area contributed by atoms with Crippen molar-refractivity contribution in [2.45, 2.75) is 44.6 Å². The Morgan fingerprint density at radius 2 is 2.00 bits per heavy atom. The maximum Gasteiger partial charge on any atom is 0.255 e. The number of hydrogen-bond acceptors (Lipinski definition) is 7. The van der Waals surface area contributed by atoms with Crippen molar-refractivity contribution in [2.24, 2.45) is 17.6 Å². The lowest BCUT2D eigenvalue weighted by Crippen LogP contribution is -2.58. The highest BCUT2D eigenvalue weighted by molar-refractivity contribution is 6.22. The molecule has 3 aliphatic carbocycles. The standard InChI is InChI=1S/C23H25NO7/c1-2-3-7-31-15-6-4-5-11-8-12-9-13-10-14(25)18(22(24)29)21(28)23(13,30)20(27)17(12)19(26)16(11)15/h4-6,12-13,26,28,30H,2-3,7-10H2,1H3,(H2,24,29). The first-order chi connectivity index (χ1) is 14.7. The molecule has 3 aliphatic rings. The topological polar surface area (TPSA) is 147 Å². The maximum absolute atomic E-state index is 13.4. The average Bonchev–Trinajstić information content (AvgIpc) is 2.70. The number of aliphatic hydroxyl groups is 3. The SMILES string of the molecule is CCCCOc1cccc2c1C(O)=C1C(=O)C3(O)C(O)=C(C(N)=O)C(=O)CC3CC1C2. The van der Waals surface area contributed by atoms with Gasteiger partial charge < -0.3 is 25.8 Å². The molecule has 31 heavy (non-hydrogen) atoms. The summed E-state index contributed by atoms with van der Waals surface area (Å²) in [6, 6.07) is 5.37. The summed E-state index contributed by atoms with van der Waals surface area (Å²) in [6.07, 6.45) is 2.07. The Morgan fingerprint density at radius 1 is 1.26 bits per heavy atom. The molecule has 1 aromatic rings. The van der Waals surface area contributed by atoms with Crippen LogP contribution in [0.1, 0.15) is 43.7 Å². The number of aliphatic hydroxyl groups excluding tert-OH is 2. The number of unbranched alkanes of at least 4 members (excludes halogenated alkanes) is 1. The van der Waals surface area contributed by atoms with E-state index in [0.29, 0.717) is 24.3 Å². The zero-order valence-electron chi connectivity index (χ0n) is 17.2. The van der Waals surface area contributed by atoms with E-state index >= 15 is 0 Å². The molecule has 3 atom stereocenters. The van der Waals surface area contributed by atoms with Gasteiger partial charge in [-0.25, -0.2) is 0 Å². The zero-order valence-corrected chi connectivity index (χ0v) is 17.2. The number of carbonyl (C=O) groups is 3. The lowest BCUT2D eigenvalue weighted by molar-refractivity contribution is -0.147. The van der Waals surface area contributed by atoms with Crippen LogP contribution in [0, 0.1) is 11.8 Å². The van der Waals surface area contributed by atoms with Gasteiger partial charge >= 0.3 is 0 Å². The van der Waals surface area contributed by atoms with Gasteiger partial charge in [0.25, 0.3) is 5.91 Å². The summed E-state index contributed by atoms with van der Waals surface area (Å²) in [4.78, 5) is 37.4. The number of rotatable bonds is 5. The lowest BCUT2D eigenvalue weighted by atomic mass is 9.59.